The molecular weight excluding hydrogens is 216 g/mol. The maximum Gasteiger partial charge on any atom is 0.325 e. The minimum Gasteiger partial charge on any atom is -0.480 e. The fourth-order valence-corrected chi connectivity index (χ4v) is 1.79. The summed E-state index contributed by atoms with van der Waals surface area (Å²) >= 11 is 0. The summed E-state index contributed by atoms with van der Waals surface area (Å²) in [5.74, 6) is -0.888. The summed E-state index contributed by atoms with van der Waals surface area (Å²) in [6, 6.07) is 6.07. The van der Waals surface area contributed by atoms with E-state index in [1.807, 2.05) is 12.1 Å². The van der Waals surface area contributed by atoms with Gasteiger partial charge in [-0.2, -0.15) is 5.10 Å². The molecule has 0 aliphatic rings. The maximum atomic E-state index is 10.6. The van der Waals surface area contributed by atoms with E-state index in [1.54, 1.807) is 12.4 Å². The van der Waals surface area contributed by atoms with Crippen LogP contribution in [0, 0.1) is 13.8 Å². The van der Waals surface area contributed by atoms with Gasteiger partial charge in [0.05, 0.1) is 6.20 Å². The lowest BCUT2D eigenvalue weighted by Crippen LogP contribution is -2.08. The number of aryl methyl sites for hydroxylation is 1. The first kappa shape index (κ1) is 11.4. The molecule has 88 valence electrons. The largest absolute Gasteiger partial charge is 0.480 e. The maximum absolute atomic E-state index is 10.6. The lowest BCUT2D eigenvalue weighted by Gasteiger charge is -2.05. The van der Waals surface area contributed by atoms with Crippen molar-refractivity contribution < 1.29 is 9.90 Å². The van der Waals surface area contributed by atoms with Crippen molar-refractivity contribution in [2.24, 2.45) is 0 Å². The van der Waals surface area contributed by atoms with Crippen LogP contribution >= 0.6 is 0 Å². The van der Waals surface area contributed by atoms with E-state index >= 15 is 0 Å². The smallest absolute Gasteiger partial charge is 0.325 e. The van der Waals surface area contributed by atoms with Gasteiger partial charge in [0.1, 0.15) is 6.54 Å². The fraction of sp³-hybridized carbons (Fsp3) is 0.231. The lowest BCUT2D eigenvalue weighted by atomic mass is 10.00. The Kier molecular flexibility index (Phi) is 2.95. The molecule has 4 heteroatoms. The number of benzene rings is 1. The molecule has 0 aliphatic heterocycles. The van der Waals surface area contributed by atoms with Crippen LogP contribution in [-0.2, 0) is 11.3 Å². The van der Waals surface area contributed by atoms with Gasteiger partial charge in [0.25, 0.3) is 0 Å². The quantitative estimate of drug-likeness (QED) is 0.879. The second-order valence-electron chi connectivity index (χ2n) is 4.07. The van der Waals surface area contributed by atoms with Crippen LogP contribution < -0.4 is 0 Å². The first-order valence-corrected chi connectivity index (χ1v) is 5.39. The van der Waals surface area contributed by atoms with Crippen LogP contribution in [0.1, 0.15) is 11.1 Å². The molecule has 0 unspecified atom stereocenters. The Labute approximate surface area is 99.5 Å². The van der Waals surface area contributed by atoms with Crippen LogP contribution in [0.3, 0.4) is 0 Å². The number of carbonyl (C=O) groups is 1. The van der Waals surface area contributed by atoms with Crippen molar-refractivity contribution in [3.63, 3.8) is 0 Å². The van der Waals surface area contributed by atoms with E-state index in [1.165, 1.54) is 15.8 Å². The van der Waals surface area contributed by atoms with E-state index in [0.717, 1.165) is 11.1 Å². The molecule has 1 aromatic heterocycles. The third-order valence-corrected chi connectivity index (χ3v) is 2.85. The number of aromatic nitrogens is 2. The molecule has 4 nitrogen and oxygen atoms in total. The van der Waals surface area contributed by atoms with Crippen molar-refractivity contribution in [2.75, 3.05) is 0 Å². The Balaban J connectivity index is 2.37. The zero-order valence-electron chi connectivity index (χ0n) is 9.84. The lowest BCUT2D eigenvalue weighted by molar-refractivity contribution is -0.137. The minimum atomic E-state index is -0.888. The molecule has 0 saturated carbocycles. The molecule has 0 atom stereocenters. The van der Waals surface area contributed by atoms with Gasteiger partial charge in [0, 0.05) is 11.8 Å². The molecule has 0 bridgehead atoms. The molecule has 0 radical (unpaired) electrons. The zero-order chi connectivity index (χ0) is 12.4. The number of hydrogen-bond donors (Lipinski definition) is 1. The van der Waals surface area contributed by atoms with Crippen LogP contribution in [0.4, 0.5) is 0 Å². The number of carboxylic acids is 1. The molecule has 17 heavy (non-hydrogen) atoms. The van der Waals surface area contributed by atoms with Gasteiger partial charge in [-0.1, -0.05) is 18.2 Å². The minimum absolute atomic E-state index is 0.106. The zero-order valence-corrected chi connectivity index (χ0v) is 9.84. The number of carboxylic acid groups (broad SMARTS) is 1. The van der Waals surface area contributed by atoms with Crippen molar-refractivity contribution >= 4 is 5.97 Å². The van der Waals surface area contributed by atoms with E-state index in [9.17, 15) is 4.79 Å². The van der Waals surface area contributed by atoms with E-state index in [0.29, 0.717) is 0 Å². The van der Waals surface area contributed by atoms with Crippen LogP contribution in [0.15, 0.2) is 30.6 Å². The molecule has 0 spiro atoms. The van der Waals surface area contributed by atoms with Gasteiger partial charge >= 0.3 is 5.97 Å². The van der Waals surface area contributed by atoms with E-state index in [-0.39, 0.29) is 6.54 Å². The molecule has 2 aromatic rings. The monoisotopic (exact) mass is 230 g/mol. The second kappa shape index (κ2) is 4.41. The van der Waals surface area contributed by atoms with Gasteiger partial charge in [0.2, 0.25) is 0 Å². The van der Waals surface area contributed by atoms with Gasteiger partial charge in [-0.15, -0.1) is 0 Å². The number of aliphatic carboxylic acids is 1. The van der Waals surface area contributed by atoms with Gasteiger partial charge < -0.3 is 5.11 Å². The van der Waals surface area contributed by atoms with Gasteiger partial charge in [-0.25, -0.2) is 0 Å². The third-order valence-electron chi connectivity index (χ3n) is 2.85. The number of nitrogens with zero attached hydrogens (tertiary/aromatic N) is 2. The Hall–Kier alpha value is -2.10. The molecular formula is C13H14N2O2. The van der Waals surface area contributed by atoms with Crippen LogP contribution in [-0.4, -0.2) is 20.9 Å². The Morgan fingerprint density at radius 1 is 1.41 bits per heavy atom. The van der Waals surface area contributed by atoms with Gasteiger partial charge in [0.15, 0.2) is 0 Å². The first-order chi connectivity index (χ1) is 8.08. The normalized spacial score (nSPS) is 10.5. The highest BCUT2D eigenvalue weighted by atomic mass is 16.4. The van der Waals surface area contributed by atoms with Crippen LogP contribution in [0.2, 0.25) is 0 Å². The van der Waals surface area contributed by atoms with Crippen molar-refractivity contribution in [1.29, 1.82) is 0 Å². The highest BCUT2D eigenvalue weighted by molar-refractivity contribution is 5.69. The van der Waals surface area contributed by atoms with Crippen molar-refractivity contribution in [2.45, 2.75) is 20.4 Å². The molecule has 2 rings (SSSR count). The Morgan fingerprint density at radius 3 is 2.88 bits per heavy atom. The highest BCUT2D eigenvalue weighted by Crippen LogP contribution is 2.24. The molecule has 0 fully saturated rings. The topological polar surface area (TPSA) is 55.1 Å². The van der Waals surface area contributed by atoms with E-state index in [4.69, 9.17) is 5.11 Å². The molecule has 1 aromatic carbocycles. The Morgan fingerprint density at radius 2 is 2.18 bits per heavy atom. The number of rotatable bonds is 3. The average Bonchev–Trinajstić information content (AvgIpc) is 2.69. The molecule has 0 amide bonds. The predicted molar refractivity (Wildman–Crippen MR) is 64.8 cm³/mol. The van der Waals surface area contributed by atoms with Gasteiger partial charge in [-0.05, 0) is 30.5 Å². The van der Waals surface area contributed by atoms with Crippen molar-refractivity contribution in [3.8, 4) is 11.1 Å². The summed E-state index contributed by atoms with van der Waals surface area (Å²) in [5, 5.41) is 12.7. The van der Waals surface area contributed by atoms with Crippen LogP contribution in [0.5, 0.6) is 0 Å². The molecule has 1 N–H and O–H groups in total. The summed E-state index contributed by atoms with van der Waals surface area (Å²) in [5.41, 5.74) is 4.46. The fourth-order valence-electron chi connectivity index (χ4n) is 1.79. The highest BCUT2D eigenvalue weighted by Gasteiger charge is 2.07. The Bertz CT molecular complexity index is 558. The van der Waals surface area contributed by atoms with E-state index < -0.39 is 5.97 Å². The molecule has 0 aliphatic carbocycles. The van der Waals surface area contributed by atoms with Crippen LogP contribution in [0.25, 0.3) is 11.1 Å². The summed E-state index contributed by atoms with van der Waals surface area (Å²) in [7, 11) is 0. The summed E-state index contributed by atoms with van der Waals surface area (Å²) < 4.78 is 1.43. The number of hydrogen-bond acceptors (Lipinski definition) is 2. The summed E-state index contributed by atoms with van der Waals surface area (Å²) in [4.78, 5) is 10.6. The van der Waals surface area contributed by atoms with E-state index in [2.05, 4.69) is 25.0 Å². The summed E-state index contributed by atoms with van der Waals surface area (Å²) in [6.45, 7) is 4.00. The average molecular weight is 230 g/mol. The third kappa shape index (κ3) is 2.36. The first-order valence-electron chi connectivity index (χ1n) is 5.39. The van der Waals surface area contributed by atoms with Gasteiger partial charge in [-0.3, -0.25) is 9.48 Å². The molecule has 1 heterocycles. The second-order valence-corrected chi connectivity index (χ2v) is 4.07. The van der Waals surface area contributed by atoms with Crippen molar-refractivity contribution in [3.05, 3.63) is 41.7 Å². The molecule has 0 saturated heterocycles. The summed E-state index contributed by atoms with van der Waals surface area (Å²) in [6.07, 6.45) is 3.46. The predicted octanol–water partition coefficient (Wildman–Crippen LogP) is 2.25. The standard InChI is InChI=1S/C13H14N2O2/c1-9-4-3-5-12(10(9)2)11-6-14-15(7-11)8-13(16)17/h3-7H,8H2,1-2H3,(H,16,17). The SMILES string of the molecule is Cc1cccc(-c2cnn(CC(=O)O)c2)c1C. The van der Waals surface area contributed by atoms with Crippen molar-refractivity contribution in [1.82, 2.24) is 9.78 Å².